The van der Waals surface area contributed by atoms with Gasteiger partial charge in [-0.3, -0.25) is 0 Å². The Labute approximate surface area is 121 Å². The van der Waals surface area contributed by atoms with Gasteiger partial charge in [0.15, 0.2) is 6.04 Å². The van der Waals surface area contributed by atoms with Crippen molar-refractivity contribution in [2.24, 2.45) is 5.92 Å². The Hall–Kier alpha value is -1.30. The number of urea groups is 1. The summed E-state index contributed by atoms with van der Waals surface area (Å²) in [4.78, 5) is 22.3. The van der Waals surface area contributed by atoms with Crippen LogP contribution in [0.15, 0.2) is 0 Å². The van der Waals surface area contributed by atoms with E-state index < -0.39 is 18.0 Å². The summed E-state index contributed by atoms with van der Waals surface area (Å²) in [6, 6.07) is -1.47. The lowest BCUT2D eigenvalue weighted by Gasteiger charge is -2.14. The molecule has 0 spiro atoms. The van der Waals surface area contributed by atoms with Crippen LogP contribution >= 0.6 is 0 Å². The third-order valence-electron chi connectivity index (χ3n) is 2.93. The zero-order chi connectivity index (χ0) is 15.4. The Morgan fingerprint density at radius 1 is 1.15 bits per heavy atom. The highest BCUT2D eigenvalue weighted by Crippen LogP contribution is 2.08. The highest BCUT2D eigenvalue weighted by molar-refractivity contribution is 5.82. The lowest BCUT2D eigenvalue weighted by Crippen LogP contribution is -2.48. The molecule has 0 aromatic rings. The third-order valence-corrected chi connectivity index (χ3v) is 2.93. The molecule has 0 aliphatic carbocycles. The second kappa shape index (κ2) is 11.5. The monoisotopic (exact) mass is 288 g/mol. The molecule has 6 nitrogen and oxygen atoms in total. The summed E-state index contributed by atoms with van der Waals surface area (Å²) in [5.74, 6) is -0.358. The lowest BCUT2D eigenvalue weighted by molar-refractivity contribution is -0.140. The zero-order valence-electron chi connectivity index (χ0n) is 12.8. The average Bonchev–Trinajstić information content (AvgIpc) is 2.36. The first kappa shape index (κ1) is 18.7. The van der Waals surface area contributed by atoms with Crippen LogP contribution < -0.4 is 10.6 Å². The molecule has 0 radical (unpaired) electrons. The molecule has 1 unspecified atom stereocenters. The Balaban J connectivity index is 3.60. The predicted octanol–water partition coefficient (Wildman–Crippen LogP) is 1.99. The van der Waals surface area contributed by atoms with Crippen LogP contribution in [0, 0.1) is 5.92 Å². The number of ether oxygens (including phenoxy) is 1. The van der Waals surface area contributed by atoms with Gasteiger partial charge in [-0.25, -0.2) is 9.59 Å². The Kier molecular flexibility index (Phi) is 10.8. The van der Waals surface area contributed by atoms with Crippen LogP contribution in [0.5, 0.6) is 0 Å². The standard InChI is InChI=1S/C14H28N2O4/c1-11(2)8-6-4-5-7-9-15-14(19)16-12(10-20-3)13(17)18/h11-12H,4-10H2,1-3H3,(H,17,18)(H2,15,16,19). The Morgan fingerprint density at radius 2 is 1.80 bits per heavy atom. The van der Waals surface area contributed by atoms with Gasteiger partial charge in [0, 0.05) is 13.7 Å². The van der Waals surface area contributed by atoms with Gasteiger partial charge in [-0.1, -0.05) is 39.5 Å². The number of carbonyl (C=O) groups excluding carboxylic acids is 1. The van der Waals surface area contributed by atoms with Crippen LogP contribution in [-0.2, 0) is 9.53 Å². The molecule has 1 atom stereocenters. The van der Waals surface area contributed by atoms with Gasteiger partial charge in [-0.15, -0.1) is 0 Å². The maximum atomic E-state index is 11.5. The minimum absolute atomic E-state index is 0.0437. The average molecular weight is 288 g/mol. The number of hydrogen-bond donors (Lipinski definition) is 3. The number of unbranched alkanes of at least 4 members (excludes halogenated alkanes) is 3. The molecule has 3 N–H and O–H groups in total. The van der Waals surface area contributed by atoms with Crippen molar-refractivity contribution in [2.75, 3.05) is 20.3 Å². The van der Waals surface area contributed by atoms with Gasteiger partial charge in [-0.05, 0) is 12.3 Å². The van der Waals surface area contributed by atoms with Crippen molar-refractivity contribution in [1.82, 2.24) is 10.6 Å². The van der Waals surface area contributed by atoms with Gasteiger partial charge in [0.1, 0.15) is 0 Å². The molecule has 0 heterocycles. The molecule has 6 heteroatoms. The summed E-state index contributed by atoms with van der Waals surface area (Å²) in [6.07, 6.45) is 5.62. The molecule has 0 saturated heterocycles. The quantitative estimate of drug-likeness (QED) is 0.507. The van der Waals surface area contributed by atoms with E-state index in [1.165, 1.54) is 26.4 Å². The van der Waals surface area contributed by atoms with Crippen molar-refractivity contribution < 1.29 is 19.4 Å². The van der Waals surface area contributed by atoms with E-state index in [-0.39, 0.29) is 6.61 Å². The number of carboxylic acid groups (broad SMARTS) is 1. The van der Waals surface area contributed by atoms with Crippen molar-refractivity contribution in [3.8, 4) is 0 Å². The summed E-state index contributed by atoms with van der Waals surface area (Å²) in [5, 5.41) is 13.9. The van der Waals surface area contributed by atoms with E-state index in [1.807, 2.05) is 0 Å². The number of carbonyl (C=O) groups is 2. The molecule has 0 aliphatic heterocycles. The number of rotatable bonds is 11. The van der Waals surface area contributed by atoms with E-state index in [4.69, 9.17) is 9.84 Å². The van der Waals surface area contributed by atoms with Crippen LogP contribution in [0.2, 0.25) is 0 Å². The van der Waals surface area contributed by atoms with Crippen LogP contribution in [0.1, 0.15) is 46.0 Å². The molecule has 0 fully saturated rings. The van der Waals surface area contributed by atoms with E-state index in [1.54, 1.807) is 0 Å². The molecule has 0 aliphatic rings. The Bertz CT molecular complexity index is 282. The molecule has 2 amide bonds. The topological polar surface area (TPSA) is 87.7 Å². The minimum atomic E-state index is -1.10. The first-order chi connectivity index (χ1) is 9.47. The summed E-state index contributed by atoms with van der Waals surface area (Å²) >= 11 is 0. The SMILES string of the molecule is COCC(NC(=O)NCCCCCCC(C)C)C(=O)O. The van der Waals surface area contributed by atoms with Gasteiger partial charge in [0.25, 0.3) is 0 Å². The highest BCUT2D eigenvalue weighted by Gasteiger charge is 2.19. The van der Waals surface area contributed by atoms with Crippen molar-refractivity contribution in [1.29, 1.82) is 0 Å². The van der Waals surface area contributed by atoms with E-state index in [0.29, 0.717) is 6.54 Å². The van der Waals surface area contributed by atoms with E-state index >= 15 is 0 Å². The fraction of sp³-hybridized carbons (Fsp3) is 0.857. The van der Waals surface area contributed by atoms with Crippen LogP contribution in [0.25, 0.3) is 0 Å². The van der Waals surface area contributed by atoms with Crippen LogP contribution in [0.3, 0.4) is 0 Å². The normalized spacial score (nSPS) is 12.2. The molecule has 0 saturated carbocycles. The van der Waals surface area contributed by atoms with Crippen LogP contribution in [-0.4, -0.2) is 43.4 Å². The number of methoxy groups -OCH3 is 1. The van der Waals surface area contributed by atoms with Gasteiger partial charge >= 0.3 is 12.0 Å². The van der Waals surface area contributed by atoms with Crippen molar-refractivity contribution >= 4 is 12.0 Å². The van der Waals surface area contributed by atoms with Gasteiger partial charge in [0.05, 0.1) is 6.61 Å². The number of carboxylic acids is 1. The highest BCUT2D eigenvalue weighted by atomic mass is 16.5. The maximum absolute atomic E-state index is 11.5. The molecule has 0 aromatic heterocycles. The number of amides is 2. The van der Waals surface area contributed by atoms with E-state index in [2.05, 4.69) is 24.5 Å². The summed E-state index contributed by atoms with van der Waals surface area (Å²) in [6.45, 7) is 4.94. The van der Waals surface area contributed by atoms with Crippen LogP contribution in [0.4, 0.5) is 4.79 Å². The largest absolute Gasteiger partial charge is 0.480 e. The van der Waals surface area contributed by atoms with Crippen molar-refractivity contribution in [3.63, 3.8) is 0 Å². The molecular weight excluding hydrogens is 260 g/mol. The molecule has 0 aromatic carbocycles. The Morgan fingerprint density at radius 3 is 2.35 bits per heavy atom. The zero-order valence-corrected chi connectivity index (χ0v) is 12.8. The number of nitrogens with one attached hydrogen (secondary N) is 2. The molecular formula is C14H28N2O4. The fourth-order valence-electron chi connectivity index (χ4n) is 1.78. The van der Waals surface area contributed by atoms with Crippen molar-refractivity contribution in [2.45, 2.75) is 52.0 Å². The number of aliphatic carboxylic acids is 1. The second-order valence-electron chi connectivity index (χ2n) is 5.34. The molecule has 20 heavy (non-hydrogen) atoms. The predicted molar refractivity (Wildman–Crippen MR) is 77.8 cm³/mol. The van der Waals surface area contributed by atoms with Gasteiger partial charge < -0.3 is 20.5 Å². The maximum Gasteiger partial charge on any atom is 0.328 e. The molecule has 0 rings (SSSR count). The smallest absolute Gasteiger partial charge is 0.328 e. The third kappa shape index (κ3) is 10.6. The fourth-order valence-corrected chi connectivity index (χ4v) is 1.78. The van der Waals surface area contributed by atoms with E-state index in [0.717, 1.165) is 18.8 Å². The minimum Gasteiger partial charge on any atom is -0.480 e. The summed E-state index contributed by atoms with van der Waals surface area (Å²) < 4.78 is 4.73. The van der Waals surface area contributed by atoms with Gasteiger partial charge in [-0.2, -0.15) is 0 Å². The first-order valence-corrected chi connectivity index (χ1v) is 7.23. The molecule has 0 bridgehead atoms. The molecule has 118 valence electrons. The van der Waals surface area contributed by atoms with Gasteiger partial charge in [0.2, 0.25) is 0 Å². The second-order valence-corrected chi connectivity index (χ2v) is 5.34. The van der Waals surface area contributed by atoms with E-state index in [9.17, 15) is 9.59 Å². The lowest BCUT2D eigenvalue weighted by atomic mass is 10.0. The summed E-state index contributed by atoms with van der Waals surface area (Å²) in [5.41, 5.74) is 0. The van der Waals surface area contributed by atoms with Crippen molar-refractivity contribution in [3.05, 3.63) is 0 Å². The summed E-state index contributed by atoms with van der Waals surface area (Å²) in [7, 11) is 1.40. The first-order valence-electron chi connectivity index (χ1n) is 7.23. The number of hydrogen-bond acceptors (Lipinski definition) is 3.